The van der Waals surface area contributed by atoms with E-state index in [9.17, 15) is 10.1 Å². The Hall–Kier alpha value is -1.84. The van der Waals surface area contributed by atoms with Gasteiger partial charge in [0.15, 0.2) is 0 Å². The number of primary amides is 1. The minimum Gasteiger partial charge on any atom is -0.369 e. The standard InChI is InChI=1S/C16H15N3OS2/c17-8-11-15(13-6-3-7-21-13)10-4-1-2-5-12(10)19-16(11)22-9-14(18)20/h3,6-7H,1-2,4-5,9H2,(H2,18,20). The molecule has 0 saturated heterocycles. The summed E-state index contributed by atoms with van der Waals surface area (Å²) in [5.41, 5.74) is 9.09. The molecule has 2 aromatic rings. The van der Waals surface area contributed by atoms with E-state index in [0.717, 1.165) is 41.8 Å². The first kappa shape index (κ1) is 15.1. The molecule has 0 radical (unpaired) electrons. The second-order valence-corrected chi connectivity index (χ2v) is 7.06. The molecule has 0 saturated carbocycles. The van der Waals surface area contributed by atoms with Crippen molar-refractivity contribution in [1.29, 1.82) is 5.26 Å². The van der Waals surface area contributed by atoms with Crippen LogP contribution in [0.25, 0.3) is 10.4 Å². The van der Waals surface area contributed by atoms with Crippen molar-refractivity contribution in [2.24, 2.45) is 5.73 Å². The predicted octanol–water partition coefficient (Wildman–Crippen LogP) is 3.14. The van der Waals surface area contributed by atoms with Gasteiger partial charge in [-0.1, -0.05) is 17.8 Å². The van der Waals surface area contributed by atoms with Gasteiger partial charge in [-0.05, 0) is 42.7 Å². The van der Waals surface area contributed by atoms with Crippen molar-refractivity contribution in [3.05, 3.63) is 34.3 Å². The molecule has 4 nitrogen and oxygen atoms in total. The van der Waals surface area contributed by atoms with Crippen LogP contribution in [0.5, 0.6) is 0 Å². The molecule has 22 heavy (non-hydrogen) atoms. The zero-order valence-corrected chi connectivity index (χ0v) is 13.6. The largest absolute Gasteiger partial charge is 0.369 e. The fourth-order valence-corrected chi connectivity index (χ4v) is 4.31. The number of nitrogens with zero attached hydrogens (tertiary/aromatic N) is 2. The van der Waals surface area contributed by atoms with Crippen LogP contribution >= 0.6 is 23.1 Å². The molecule has 0 bridgehead atoms. The maximum absolute atomic E-state index is 11.1. The van der Waals surface area contributed by atoms with Gasteiger partial charge in [0, 0.05) is 16.1 Å². The Labute approximate surface area is 137 Å². The first-order valence-electron chi connectivity index (χ1n) is 7.11. The van der Waals surface area contributed by atoms with E-state index in [1.807, 2.05) is 17.5 Å². The molecule has 1 amide bonds. The molecule has 0 spiro atoms. The average Bonchev–Trinajstić information content (AvgIpc) is 3.05. The normalized spacial score (nSPS) is 13.4. The molecule has 0 aromatic carbocycles. The highest BCUT2D eigenvalue weighted by Crippen LogP contribution is 2.39. The second-order valence-electron chi connectivity index (χ2n) is 5.14. The van der Waals surface area contributed by atoms with Gasteiger partial charge in [0.1, 0.15) is 11.1 Å². The monoisotopic (exact) mass is 329 g/mol. The van der Waals surface area contributed by atoms with E-state index in [1.54, 1.807) is 11.3 Å². The molecule has 0 aliphatic heterocycles. The van der Waals surface area contributed by atoms with Gasteiger partial charge in [0.2, 0.25) is 5.91 Å². The number of hydrogen-bond donors (Lipinski definition) is 1. The number of thiophene rings is 1. The summed E-state index contributed by atoms with van der Waals surface area (Å²) in [6, 6.07) is 6.33. The molecule has 1 aliphatic rings. The zero-order valence-electron chi connectivity index (χ0n) is 12.0. The number of aryl methyl sites for hydroxylation is 1. The van der Waals surface area contributed by atoms with Crippen LogP contribution < -0.4 is 5.73 Å². The molecule has 6 heteroatoms. The number of thioether (sulfide) groups is 1. The molecule has 2 heterocycles. The third-order valence-corrected chi connectivity index (χ3v) is 5.56. The number of hydrogen-bond acceptors (Lipinski definition) is 5. The van der Waals surface area contributed by atoms with E-state index in [-0.39, 0.29) is 5.75 Å². The first-order chi connectivity index (χ1) is 10.7. The van der Waals surface area contributed by atoms with Crippen molar-refractivity contribution in [2.75, 3.05) is 5.75 Å². The van der Waals surface area contributed by atoms with Gasteiger partial charge in [-0.2, -0.15) is 5.26 Å². The zero-order chi connectivity index (χ0) is 15.5. The molecule has 112 valence electrons. The Morgan fingerprint density at radius 3 is 2.95 bits per heavy atom. The third-order valence-electron chi connectivity index (χ3n) is 3.67. The van der Waals surface area contributed by atoms with Gasteiger partial charge >= 0.3 is 0 Å². The maximum atomic E-state index is 11.1. The van der Waals surface area contributed by atoms with E-state index >= 15 is 0 Å². The Balaban J connectivity index is 2.18. The average molecular weight is 329 g/mol. The summed E-state index contributed by atoms with van der Waals surface area (Å²) < 4.78 is 0. The Bertz CT molecular complexity index is 748. The van der Waals surface area contributed by atoms with E-state index < -0.39 is 5.91 Å². The van der Waals surface area contributed by atoms with Gasteiger partial charge in [-0.3, -0.25) is 4.79 Å². The van der Waals surface area contributed by atoms with Gasteiger partial charge in [0.25, 0.3) is 0 Å². The molecule has 2 N–H and O–H groups in total. The molecule has 0 fully saturated rings. The predicted molar refractivity (Wildman–Crippen MR) is 88.8 cm³/mol. The van der Waals surface area contributed by atoms with Gasteiger partial charge in [-0.15, -0.1) is 11.3 Å². The lowest BCUT2D eigenvalue weighted by Crippen LogP contribution is -2.14. The molecule has 0 unspecified atom stereocenters. The number of nitrogens with two attached hydrogens (primary N) is 1. The number of carbonyl (C=O) groups is 1. The lowest BCUT2D eigenvalue weighted by atomic mass is 9.89. The van der Waals surface area contributed by atoms with Crippen molar-refractivity contribution in [1.82, 2.24) is 4.98 Å². The van der Waals surface area contributed by atoms with Crippen LogP contribution in [0, 0.1) is 11.3 Å². The number of nitriles is 1. The van der Waals surface area contributed by atoms with Crippen LogP contribution in [-0.4, -0.2) is 16.6 Å². The minimum absolute atomic E-state index is 0.143. The topological polar surface area (TPSA) is 79.8 Å². The lowest BCUT2D eigenvalue weighted by Gasteiger charge is -2.21. The van der Waals surface area contributed by atoms with E-state index in [0.29, 0.717) is 10.6 Å². The number of aromatic nitrogens is 1. The van der Waals surface area contributed by atoms with Crippen LogP contribution in [0.2, 0.25) is 0 Å². The Kier molecular flexibility index (Phi) is 4.46. The summed E-state index contributed by atoms with van der Waals surface area (Å²) in [7, 11) is 0. The van der Waals surface area contributed by atoms with E-state index in [4.69, 9.17) is 5.73 Å². The number of fused-ring (bicyclic) bond motifs is 1. The number of carbonyl (C=O) groups excluding carboxylic acids is 1. The van der Waals surface area contributed by atoms with E-state index in [1.165, 1.54) is 17.3 Å². The van der Waals surface area contributed by atoms with Crippen molar-refractivity contribution >= 4 is 29.0 Å². The number of pyridine rings is 1. The highest BCUT2D eigenvalue weighted by Gasteiger charge is 2.23. The summed E-state index contributed by atoms with van der Waals surface area (Å²) in [4.78, 5) is 16.8. The van der Waals surface area contributed by atoms with Crippen LogP contribution in [0.3, 0.4) is 0 Å². The lowest BCUT2D eigenvalue weighted by molar-refractivity contribution is -0.115. The fourth-order valence-electron chi connectivity index (χ4n) is 2.76. The van der Waals surface area contributed by atoms with Crippen LogP contribution in [0.15, 0.2) is 22.5 Å². The molecular weight excluding hydrogens is 314 g/mol. The van der Waals surface area contributed by atoms with Gasteiger partial charge in [-0.25, -0.2) is 4.98 Å². The number of amides is 1. The van der Waals surface area contributed by atoms with Crippen molar-refractivity contribution in [3.8, 4) is 16.5 Å². The summed E-state index contributed by atoms with van der Waals surface area (Å²) in [5, 5.41) is 12.3. The SMILES string of the molecule is N#Cc1c(SCC(N)=O)nc2c(c1-c1cccs1)CCCC2. The number of rotatable bonds is 4. The Morgan fingerprint density at radius 2 is 2.27 bits per heavy atom. The van der Waals surface area contributed by atoms with Gasteiger partial charge < -0.3 is 5.73 Å². The van der Waals surface area contributed by atoms with Crippen LogP contribution in [0.4, 0.5) is 0 Å². The summed E-state index contributed by atoms with van der Waals surface area (Å²) in [6.07, 6.45) is 4.15. The fraction of sp³-hybridized carbons (Fsp3) is 0.312. The van der Waals surface area contributed by atoms with Crippen molar-refractivity contribution in [3.63, 3.8) is 0 Å². The molecule has 1 aliphatic carbocycles. The molecule has 3 rings (SSSR count). The first-order valence-corrected chi connectivity index (χ1v) is 8.98. The maximum Gasteiger partial charge on any atom is 0.227 e. The van der Waals surface area contributed by atoms with E-state index in [2.05, 4.69) is 11.1 Å². The van der Waals surface area contributed by atoms with Crippen molar-refractivity contribution in [2.45, 2.75) is 30.7 Å². The summed E-state index contributed by atoms with van der Waals surface area (Å²) >= 11 is 2.89. The molecule has 0 atom stereocenters. The summed E-state index contributed by atoms with van der Waals surface area (Å²) in [6.45, 7) is 0. The highest BCUT2D eigenvalue weighted by atomic mass is 32.2. The molecular formula is C16H15N3OS2. The van der Waals surface area contributed by atoms with Gasteiger partial charge in [0.05, 0.1) is 11.3 Å². The quantitative estimate of drug-likeness (QED) is 0.874. The smallest absolute Gasteiger partial charge is 0.227 e. The minimum atomic E-state index is -0.397. The highest BCUT2D eigenvalue weighted by molar-refractivity contribution is 8.00. The third kappa shape index (κ3) is 2.87. The Morgan fingerprint density at radius 1 is 1.45 bits per heavy atom. The van der Waals surface area contributed by atoms with Crippen LogP contribution in [0.1, 0.15) is 29.7 Å². The summed E-state index contributed by atoms with van der Waals surface area (Å²) in [5.74, 6) is -0.254. The molecule has 2 aromatic heterocycles. The van der Waals surface area contributed by atoms with Crippen LogP contribution in [-0.2, 0) is 17.6 Å². The second kappa shape index (κ2) is 6.51. The van der Waals surface area contributed by atoms with Crippen molar-refractivity contribution < 1.29 is 4.79 Å².